The highest BCUT2D eigenvalue weighted by Crippen LogP contribution is 2.41. The Labute approximate surface area is 104 Å². The molecule has 0 heteroatoms. The maximum absolute atomic E-state index is 2.41. The molecule has 0 heterocycles. The summed E-state index contributed by atoms with van der Waals surface area (Å²) in [4.78, 5) is 0. The molecular weight excluding hydrogens is 192 g/mol. The summed E-state index contributed by atoms with van der Waals surface area (Å²) in [6.45, 7) is 19.1. The molecule has 0 saturated heterocycles. The van der Waals surface area contributed by atoms with E-state index in [1.165, 1.54) is 25.7 Å². The average Bonchev–Trinajstić information content (AvgIpc) is 2.07. The highest BCUT2D eigenvalue weighted by molar-refractivity contribution is 4.81. The van der Waals surface area contributed by atoms with Gasteiger partial charge in [-0.1, -0.05) is 74.7 Å². The van der Waals surface area contributed by atoms with Crippen molar-refractivity contribution >= 4 is 0 Å². The van der Waals surface area contributed by atoms with Crippen LogP contribution in [0.15, 0.2) is 0 Å². The molecule has 0 rings (SSSR count). The first-order valence-electron chi connectivity index (χ1n) is 7.12. The fourth-order valence-corrected chi connectivity index (χ4v) is 2.73. The van der Waals surface area contributed by atoms with Gasteiger partial charge in [0, 0.05) is 0 Å². The fourth-order valence-electron chi connectivity index (χ4n) is 2.73. The largest absolute Gasteiger partial charge is 0.0654 e. The van der Waals surface area contributed by atoms with Crippen molar-refractivity contribution in [3.8, 4) is 0 Å². The number of rotatable bonds is 5. The van der Waals surface area contributed by atoms with Crippen molar-refractivity contribution in [1.29, 1.82) is 0 Å². The van der Waals surface area contributed by atoms with E-state index in [1.807, 2.05) is 0 Å². The second kappa shape index (κ2) is 6.07. The molecule has 98 valence electrons. The Hall–Kier alpha value is 0. The zero-order chi connectivity index (χ0) is 13.0. The van der Waals surface area contributed by atoms with Crippen LogP contribution in [0.25, 0.3) is 0 Å². The minimum absolute atomic E-state index is 0.464. The van der Waals surface area contributed by atoms with Crippen molar-refractivity contribution in [2.24, 2.45) is 22.7 Å². The number of hydrogen-bond donors (Lipinski definition) is 0. The highest BCUT2D eigenvalue weighted by Gasteiger charge is 2.31. The van der Waals surface area contributed by atoms with Crippen LogP contribution in [0.3, 0.4) is 0 Å². The van der Waals surface area contributed by atoms with Gasteiger partial charge in [-0.05, 0) is 29.1 Å². The van der Waals surface area contributed by atoms with Gasteiger partial charge in [0.05, 0.1) is 0 Å². The Morgan fingerprint density at radius 3 is 1.44 bits per heavy atom. The van der Waals surface area contributed by atoms with Crippen molar-refractivity contribution in [3.05, 3.63) is 0 Å². The van der Waals surface area contributed by atoms with Crippen LogP contribution in [0, 0.1) is 22.7 Å². The van der Waals surface area contributed by atoms with Crippen molar-refractivity contribution in [1.82, 2.24) is 0 Å². The molecule has 0 aromatic carbocycles. The fraction of sp³-hybridized carbons (Fsp3) is 1.00. The topological polar surface area (TPSA) is 0 Å². The van der Waals surface area contributed by atoms with E-state index >= 15 is 0 Å². The van der Waals surface area contributed by atoms with Gasteiger partial charge < -0.3 is 0 Å². The Kier molecular flexibility index (Phi) is 6.07. The van der Waals surface area contributed by atoms with Gasteiger partial charge in [0.2, 0.25) is 0 Å². The van der Waals surface area contributed by atoms with Gasteiger partial charge in [0.25, 0.3) is 0 Å². The Balaban J connectivity index is 4.60. The molecule has 0 radical (unpaired) electrons. The summed E-state index contributed by atoms with van der Waals surface area (Å²) in [5.74, 6) is 1.74. The standard InChI is InChI=1S/C16H34/c1-9-11-14(16(6,7)8)12-13(10-2)15(3,4)5/h13-14H,9-12H2,1-8H3. The van der Waals surface area contributed by atoms with E-state index in [2.05, 4.69) is 55.4 Å². The lowest BCUT2D eigenvalue weighted by atomic mass is 9.67. The predicted octanol–water partition coefficient (Wildman–Crippen LogP) is 5.91. The van der Waals surface area contributed by atoms with Crippen LogP contribution < -0.4 is 0 Å². The summed E-state index contributed by atoms with van der Waals surface area (Å²) >= 11 is 0. The molecule has 0 saturated carbocycles. The molecule has 0 spiro atoms. The summed E-state index contributed by atoms with van der Waals surface area (Å²) < 4.78 is 0. The van der Waals surface area contributed by atoms with E-state index in [0.29, 0.717) is 10.8 Å². The second-order valence-corrected chi connectivity index (χ2v) is 7.56. The van der Waals surface area contributed by atoms with Gasteiger partial charge in [-0.3, -0.25) is 0 Å². The third-order valence-electron chi connectivity index (χ3n) is 4.15. The highest BCUT2D eigenvalue weighted by atomic mass is 14.4. The maximum Gasteiger partial charge on any atom is -0.0354 e. The maximum atomic E-state index is 2.41. The summed E-state index contributed by atoms with van der Waals surface area (Å²) in [6.07, 6.45) is 5.43. The Bertz CT molecular complexity index is 177. The molecule has 0 N–H and O–H groups in total. The van der Waals surface area contributed by atoms with Crippen LogP contribution in [0.2, 0.25) is 0 Å². The molecule has 0 aromatic rings. The second-order valence-electron chi connectivity index (χ2n) is 7.56. The van der Waals surface area contributed by atoms with Crippen LogP contribution in [-0.2, 0) is 0 Å². The average molecular weight is 226 g/mol. The van der Waals surface area contributed by atoms with Gasteiger partial charge in [-0.25, -0.2) is 0 Å². The molecule has 0 aromatic heterocycles. The van der Waals surface area contributed by atoms with Gasteiger partial charge >= 0.3 is 0 Å². The van der Waals surface area contributed by atoms with E-state index in [4.69, 9.17) is 0 Å². The summed E-state index contributed by atoms with van der Waals surface area (Å²) in [6, 6.07) is 0. The molecule has 0 fully saturated rings. The van der Waals surface area contributed by atoms with Crippen LogP contribution in [-0.4, -0.2) is 0 Å². The van der Waals surface area contributed by atoms with Crippen LogP contribution in [0.4, 0.5) is 0 Å². The van der Waals surface area contributed by atoms with E-state index in [0.717, 1.165) is 11.8 Å². The molecule has 0 nitrogen and oxygen atoms in total. The lowest BCUT2D eigenvalue weighted by Gasteiger charge is -2.38. The Morgan fingerprint density at radius 1 is 0.750 bits per heavy atom. The van der Waals surface area contributed by atoms with E-state index < -0.39 is 0 Å². The molecule has 2 atom stereocenters. The van der Waals surface area contributed by atoms with Crippen molar-refractivity contribution in [2.75, 3.05) is 0 Å². The SMILES string of the molecule is CCCC(CC(CC)C(C)(C)C)C(C)(C)C. The summed E-state index contributed by atoms with van der Waals surface area (Å²) in [7, 11) is 0. The minimum Gasteiger partial charge on any atom is -0.0654 e. The monoisotopic (exact) mass is 226 g/mol. The van der Waals surface area contributed by atoms with Crippen molar-refractivity contribution < 1.29 is 0 Å². The zero-order valence-corrected chi connectivity index (χ0v) is 13.0. The van der Waals surface area contributed by atoms with Gasteiger partial charge in [0.15, 0.2) is 0 Å². The summed E-state index contributed by atoms with van der Waals surface area (Å²) in [5, 5.41) is 0. The van der Waals surface area contributed by atoms with Crippen molar-refractivity contribution in [3.63, 3.8) is 0 Å². The minimum atomic E-state index is 0.464. The molecular formula is C16H34. The van der Waals surface area contributed by atoms with E-state index in [-0.39, 0.29) is 0 Å². The zero-order valence-electron chi connectivity index (χ0n) is 13.0. The third-order valence-corrected chi connectivity index (χ3v) is 4.15. The molecule has 0 bridgehead atoms. The molecule has 0 aliphatic rings. The van der Waals surface area contributed by atoms with Crippen molar-refractivity contribution in [2.45, 2.75) is 81.1 Å². The Morgan fingerprint density at radius 2 is 1.19 bits per heavy atom. The first-order valence-corrected chi connectivity index (χ1v) is 7.12. The molecule has 0 amide bonds. The molecule has 0 aliphatic carbocycles. The molecule has 2 unspecified atom stereocenters. The third kappa shape index (κ3) is 5.37. The van der Waals surface area contributed by atoms with Crippen LogP contribution >= 0.6 is 0 Å². The summed E-state index contributed by atoms with van der Waals surface area (Å²) in [5.41, 5.74) is 0.931. The van der Waals surface area contributed by atoms with E-state index in [9.17, 15) is 0 Å². The smallest absolute Gasteiger partial charge is 0.0354 e. The van der Waals surface area contributed by atoms with Gasteiger partial charge in [0.1, 0.15) is 0 Å². The number of hydrogen-bond acceptors (Lipinski definition) is 0. The molecule has 0 aliphatic heterocycles. The first-order chi connectivity index (χ1) is 7.12. The van der Waals surface area contributed by atoms with Crippen LogP contribution in [0.1, 0.15) is 81.1 Å². The first kappa shape index (κ1) is 16.0. The lowest BCUT2D eigenvalue weighted by molar-refractivity contribution is 0.123. The van der Waals surface area contributed by atoms with Crippen LogP contribution in [0.5, 0.6) is 0 Å². The quantitative estimate of drug-likeness (QED) is 0.546. The normalized spacial score (nSPS) is 17.2. The predicted molar refractivity (Wildman–Crippen MR) is 75.7 cm³/mol. The van der Waals surface area contributed by atoms with E-state index in [1.54, 1.807) is 0 Å². The van der Waals surface area contributed by atoms with Gasteiger partial charge in [-0.15, -0.1) is 0 Å². The lowest BCUT2D eigenvalue weighted by Crippen LogP contribution is -2.28. The molecule has 16 heavy (non-hydrogen) atoms. The van der Waals surface area contributed by atoms with Gasteiger partial charge in [-0.2, -0.15) is 0 Å².